The van der Waals surface area contributed by atoms with Crippen LogP contribution >= 0.6 is 0 Å². The van der Waals surface area contributed by atoms with Gasteiger partial charge < -0.3 is 10.8 Å². The van der Waals surface area contributed by atoms with Crippen LogP contribution in [0, 0.1) is 0 Å². The molecule has 1 aromatic carbocycles. The lowest BCUT2D eigenvalue weighted by molar-refractivity contribution is -0.617. The zero-order valence-corrected chi connectivity index (χ0v) is 7.34. The average molecular weight is 225 g/mol. The first kappa shape index (κ1) is 11.6. The third-order valence-corrected chi connectivity index (χ3v) is 1.71. The summed E-state index contributed by atoms with van der Waals surface area (Å²) in [6.07, 6.45) is -5.86. The molecule has 0 aliphatic heterocycles. The van der Waals surface area contributed by atoms with E-state index in [0.717, 1.165) is 12.1 Å². The van der Waals surface area contributed by atoms with Gasteiger partial charge in [-0.05, 0) is 17.7 Å². The molecule has 1 aromatic rings. The van der Waals surface area contributed by atoms with E-state index in [1.165, 1.54) is 6.07 Å². The number of halogens is 4. The van der Waals surface area contributed by atoms with Crippen LogP contribution in [0.15, 0.2) is 18.2 Å². The van der Waals surface area contributed by atoms with Gasteiger partial charge >= 0.3 is 6.11 Å². The normalized spacial score (nSPS) is 12.1. The van der Waals surface area contributed by atoms with Crippen molar-refractivity contribution in [3.05, 3.63) is 23.8 Å². The minimum absolute atomic E-state index is 0.0645. The van der Waals surface area contributed by atoms with Crippen LogP contribution < -0.4 is 10.8 Å². The molecule has 1 rings (SSSR count). The summed E-state index contributed by atoms with van der Waals surface area (Å²) in [6, 6.07) is 3.10. The molecule has 0 spiro atoms. The Labute approximate surface area is 82.2 Å². The third-order valence-electron chi connectivity index (χ3n) is 1.71. The van der Waals surface area contributed by atoms with Crippen molar-refractivity contribution in [1.82, 2.24) is 0 Å². The maximum absolute atomic E-state index is 12.5. The second kappa shape index (κ2) is 3.93. The Bertz CT molecular complexity index is 356. The molecule has 0 amide bonds. The fourth-order valence-electron chi connectivity index (χ4n) is 1.01. The number of benzene rings is 1. The molecule has 0 saturated carbocycles. The molecule has 84 valence electrons. The van der Waals surface area contributed by atoms with Crippen molar-refractivity contribution in [1.29, 1.82) is 0 Å². The quantitative estimate of drug-likeness (QED) is 0.484. The molecule has 0 saturated heterocycles. The molecule has 0 aromatic heterocycles. The molecule has 7 heteroatoms. The zero-order chi connectivity index (χ0) is 11.6. The molecular formula is C8H7F4NO2. The van der Waals surface area contributed by atoms with Gasteiger partial charge in [-0.25, -0.2) is 0 Å². The molecule has 3 nitrogen and oxygen atoms in total. The SMILES string of the molecule is Nc1ccc([O-])c(CC(F)(F)[O+](F)F)c1. The summed E-state index contributed by atoms with van der Waals surface area (Å²) < 4.78 is 46.8. The monoisotopic (exact) mass is 225 g/mol. The Morgan fingerprint density at radius 3 is 2.47 bits per heavy atom. The van der Waals surface area contributed by atoms with E-state index >= 15 is 0 Å². The van der Waals surface area contributed by atoms with E-state index in [4.69, 9.17) is 5.73 Å². The number of nitrogens with two attached hydrogens (primary N) is 1. The fraction of sp³-hybridized carbons (Fsp3) is 0.250. The topological polar surface area (TPSA) is 51.8 Å². The summed E-state index contributed by atoms with van der Waals surface area (Å²) in [5.41, 5.74) is 4.83. The molecule has 2 N–H and O–H groups in total. The van der Waals surface area contributed by atoms with Crippen molar-refractivity contribution in [2.75, 3.05) is 5.73 Å². The summed E-state index contributed by atoms with van der Waals surface area (Å²) in [6.45, 7) is 0. The average Bonchev–Trinajstić information content (AvgIpc) is 2.10. The first-order valence-corrected chi connectivity index (χ1v) is 3.83. The summed E-state index contributed by atoms with van der Waals surface area (Å²) in [4.78, 5) is 0. The Hall–Kier alpha value is -1.50. The molecule has 0 unspecified atom stereocenters. The standard InChI is InChI=1S/C8H7F4NO2/c9-8(10,15(11)12)4-5-3-6(13)1-2-7(5)14/h1-3H,4,13H2. The maximum atomic E-state index is 12.5. The van der Waals surface area contributed by atoms with Crippen LogP contribution in [0.5, 0.6) is 5.75 Å². The summed E-state index contributed by atoms with van der Waals surface area (Å²) in [5.74, 6) is -0.758. The maximum Gasteiger partial charge on any atom is 0.569 e. The van der Waals surface area contributed by atoms with E-state index in [0.29, 0.717) is 0 Å². The van der Waals surface area contributed by atoms with Gasteiger partial charge in [-0.3, -0.25) is 0 Å². The first-order chi connectivity index (χ1) is 6.83. The lowest BCUT2D eigenvalue weighted by atomic mass is 10.1. The number of hydrogen-bond donors (Lipinski definition) is 1. The van der Waals surface area contributed by atoms with Gasteiger partial charge in [-0.1, -0.05) is 6.07 Å². The second-order valence-electron chi connectivity index (χ2n) is 2.89. The lowest BCUT2D eigenvalue weighted by Crippen LogP contribution is -2.26. The predicted molar refractivity (Wildman–Crippen MR) is 42.3 cm³/mol. The minimum Gasteiger partial charge on any atom is -0.872 e. The molecule has 0 aliphatic carbocycles. The van der Waals surface area contributed by atoms with Gasteiger partial charge in [0.25, 0.3) is 0 Å². The fourth-order valence-corrected chi connectivity index (χ4v) is 1.01. The van der Waals surface area contributed by atoms with Crippen molar-refractivity contribution in [3.8, 4) is 5.75 Å². The van der Waals surface area contributed by atoms with Gasteiger partial charge in [-0.15, -0.1) is 14.5 Å². The molecule has 0 heterocycles. The highest BCUT2D eigenvalue weighted by atomic mass is 19.6. The van der Waals surface area contributed by atoms with E-state index < -0.39 is 28.6 Å². The van der Waals surface area contributed by atoms with Crippen LogP contribution in [0.2, 0.25) is 0 Å². The summed E-state index contributed by atoms with van der Waals surface area (Å²) in [7, 11) is 0. The van der Waals surface area contributed by atoms with Gasteiger partial charge in [0.1, 0.15) is 11.2 Å². The minimum atomic E-state index is -4.45. The number of alkyl halides is 2. The van der Waals surface area contributed by atoms with E-state index in [1.807, 2.05) is 0 Å². The smallest absolute Gasteiger partial charge is 0.569 e. The molecule has 0 atom stereocenters. The number of anilines is 1. The van der Waals surface area contributed by atoms with E-state index in [1.54, 1.807) is 0 Å². The number of hydrogen-bond acceptors (Lipinski definition) is 2. The Balaban J connectivity index is 2.94. The summed E-state index contributed by atoms with van der Waals surface area (Å²) in [5, 5.41) is 11.0. The molecular weight excluding hydrogens is 218 g/mol. The van der Waals surface area contributed by atoms with Crippen LogP contribution in [0.4, 0.5) is 23.5 Å². The van der Waals surface area contributed by atoms with E-state index in [9.17, 15) is 22.9 Å². The first-order valence-electron chi connectivity index (χ1n) is 3.83. The Morgan fingerprint density at radius 1 is 1.33 bits per heavy atom. The number of rotatable bonds is 3. The van der Waals surface area contributed by atoms with Gasteiger partial charge in [0.15, 0.2) is 9.05 Å². The molecule has 0 aliphatic rings. The van der Waals surface area contributed by atoms with Crippen LogP contribution in [-0.4, -0.2) is 6.11 Å². The Morgan fingerprint density at radius 2 is 1.93 bits per heavy atom. The largest absolute Gasteiger partial charge is 0.872 e. The van der Waals surface area contributed by atoms with E-state index in [-0.39, 0.29) is 5.69 Å². The molecule has 0 fully saturated rings. The van der Waals surface area contributed by atoms with Gasteiger partial charge in [0, 0.05) is 5.69 Å². The van der Waals surface area contributed by atoms with Crippen molar-refractivity contribution < 1.29 is 27.7 Å². The van der Waals surface area contributed by atoms with Crippen LogP contribution in [0.3, 0.4) is 0 Å². The summed E-state index contributed by atoms with van der Waals surface area (Å²) >= 11 is 0. The highest BCUT2D eigenvalue weighted by Gasteiger charge is 2.52. The highest BCUT2D eigenvalue weighted by Crippen LogP contribution is 2.32. The van der Waals surface area contributed by atoms with Crippen LogP contribution in [0.1, 0.15) is 5.56 Å². The second-order valence-corrected chi connectivity index (χ2v) is 2.89. The van der Waals surface area contributed by atoms with Crippen molar-refractivity contribution >= 4 is 5.69 Å². The molecule has 0 bridgehead atoms. The van der Waals surface area contributed by atoms with Crippen molar-refractivity contribution in [3.63, 3.8) is 0 Å². The third kappa shape index (κ3) is 2.72. The zero-order valence-electron chi connectivity index (χ0n) is 7.34. The van der Waals surface area contributed by atoms with Gasteiger partial charge in [-0.2, -0.15) is 0 Å². The van der Waals surface area contributed by atoms with Gasteiger partial charge in [0.2, 0.25) is 0 Å². The highest BCUT2D eigenvalue weighted by molar-refractivity contribution is 5.47. The molecule has 15 heavy (non-hydrogen) atoms. The van der Waals surface area contributed by atoms with Gasteiger partial charge in [0.05, 0.1) is 0 Å². The number of nitrogen functional groups attached to an aromatic ring is 1. The predicted octanol–water partition coefficient (Wildman–Crippen LogP) is 1.80. The van der Waals surface area contributed by atoms with Crippen molar-refractivity contribution in [2.24, 2.45) is 0 Å². The Kier molecular flexibility index (Phi) is 3.04. The molecule has 0 radical (unpaired) electrons. The van der Waals surface area contributed by atoms with Crippen molar-refractivity contribution in [2.45, 2.75) is 12.5 Å². The van der Waals surface area contributed by atoms with Crippen LogP contribution in [0.25, 0.3) is 0 Å². The lowest BCUT2D eigenvalue weighted by Gasteiger charge is -2.14. The van der Waals surface area contributed by atoms with E-state index in [2.05, 4.69) is 0 Å². The van der Waals surface area contributed by atoms with Crippen LogP contribution in [-0.2, 0) is 11.2 Å².